The Bertz CT molecular complexity index is 1360. The topological polar surface area (TPSA) is 87.2 Å². The fraction of sp³-hybridized carbons (Fsp3) is 0.333. The molecule has 4 heterocycles. The van der Waals surface area contributed by atoms with E-state index in [1.54, 1.807) is 37.3 Å². The van der Waals surface area contributed by atoms with Gasteiger partial charge in [-0.25, -0.2) is 9.97 Å². The van der Waals surface area contributed by atoms with E-state index in [2.05, 4.69) is 24.9 Å². The Morgan fingerprint density at radius 3 is 2.33 bits per heavy atom. The van der Waals surface area contributed by atoms with Crippen molar-refractivity contribution in [2.24, 2.45) is 0 Å². The van der Waals surface area contributed by atoms with Crippen molar-refractivity contribution in [1.29, 1.82) is 0 Å². The van der Waals surface area contributed by atoms with Gasteiger partial charge in [-0.3, -0.25) is 4.72 Å². The Balaban J connectivity index is 0.00000304. The van der Waals surface area contributed by atoms with Crippen molar-refractivity contribution >= 4 is 34.1 Å². The molecule has 2 fully saturated rings. The first kappa shape index (κ1) is 26.2. The minimum atomic E-state index is -4.65. The normalized spacial score (nSPS) is 19.6. The van der Waals surface area contributed by atoms with E-state index < -0.39 is 21.8 Å². The second-order valence-electron chi connectivity index (χ2n) is 8.89. The van der Waals surface area contributed by atoms with Crippen molar-refractivity contribution in [3.63, 3.8) is 0 Å². The number of anilines is 2. The third-order valence-corrected chi connectivity index (χ3v) is 7.62. The third kappa shape index (κ3) is 5.28. The first-order valence-electron chi connectivity index (χ1n) is 11.3. The monoisotopic (exact) mass is 539 g/mol. The van der Waals surface area contributed by atoms with Crippen LogP contribution >= 0.6 is 12.4 Å². The number of fused-ring (bicyclic) bond motifs is 2. The number of pyridine rings is 2. The maximum Gasteiger partial charge on any atom is 0.418 e. The van der Waals surface area contributed by atoms with Crippen LogP contribution in [0.3, 0.4) is 0 Å². The molecule has 2 aromatic heterocycles. The average Bonchev–Trinajstić information content (AvgIpc) is 3.15. The molecule has 2 unspecified atom stereocenters. The summed E-state index contributed by atoms with van der Waals surface area (Å²) in [5, 5.41) is 3.29. The summed E-state index contributed by atoms with van der Waals surface area (Å²) in [5.74, 6) is 0.330. The van der Waals surface area contributed by atoms with Crippen molar-refractivity contribution in [2.45, 2.75) is 43.1 Å². The molecule has 5 rings (SSSR count). The number of nitrogens with one attached hydrogen (secondary N) is 2. The highest BCUT2D eigenvalue weighted by Crippen LogP contribution is 2.38. The van der Waals surface area contributed by atoms with Crippen LogP contribution < -0.4 is 14.9 Å². The minimum absolute atomic E-state index is 0. The summed E-state index contributed by atoms with van der Waals surface area (Å²) in [5.41, 5.74) is -0.420. The molecule has 36 heavy (non-hydrogen) atoms. The van der Waals surface area contributed by atoms with Crippen LogP contribution in [-0.4, -0.2) is 43.6 Å². The molecule has 2 saturated heterocycles. The number of benzene rings is 1. The van der Waals surface area contributed by atoms with Gasteiger partial charge in [0.1, 0.15) is 11.6 Å². The first-order chi connectivity index (χ1) is 16.6. The van der Waals surface area contributed by atoms with E-state index in [9.17, 15) is 21.6 Å². The third-order valence-electron chi connectivity index (χ3n) is 6.36. The van der Waals surface area contributed by atoms with Gasteiger partial charge in [0.2, 0.25) is 0 Å². The zero-order chi connectivity index (χ0) is 24.8. The van der Waals surface area contributed by atoms with Gasteiger partial charge < -0.3 is 10.2 Å². The van der Waals surface area contributed by atoms with Crippen LogP contribution in [-0.2, 0) is 16.2 Å². The molecule has 0 radical (unpaired) electrons. The molecular formula is C24H25ClF3N5O2S. The lowest BCUT2D eigenvalue weighted by Crippen LogP contribution is -2.51. The Kier molecular flexibility index (Phi) is 7.18. The largest absolute Gasteiger partial charge is 0.418 e. The van der Waals surface area contributed by atoms with Crippen LogP contribution in [0.1, 0.15) is 24.0 Å². The molecule has 7 nitrogen and oxygen atoms in total. The lowest BCUT2D eigenvalue weighted by Gasteiger charge is -2.33. The SMILES string of the molecule is Cc1ccccc1-c1nc(NS(=O)(=O)c2cccc(N3CC4CCC(C3)N4)n2)ccc1C(F)(F)F.Cl. The zero-order valence-electron chi connectivity index (χ0n) is 19.3. The predicted octanol–water partition coefficient (Wildman–Crippen LogP) is 4.63. The average molecular weight is 540 g/mol. The number of nitrogens with zero attached hydrogens (tertiary/aromatic N) is 3. The van der Waals surface area contributed by atoms with E-state index >= 15 is 0 Å². The molecule has 192 valence electrons. The maximum absolute atomic E-state index is 13.7. The Hall–Kier alpha value is -2.89. The van der Waals surface area contributed by atoms with Gasteiger partial charge in [-0.2, -0.15) is 21.6 Å². The second-order valence-corrected chi connectivity index (χ2v) is 10.5. The molecule has 1 aromatic carbocycles. The summed E-state index contributed by atoms with van der Waals surface area (Å²) in [4.78, 5) is 10.5. The lowest BCUT2D eigenvalue weighted by atomic mass is 10.0. The summed E-state index contributed by atoms with van der Waals surface area (Å²) < 4.78 is 69.6. The molecular weight excluding hydrogens is 515 g/mol. The van der Waals surface area contributed by atoms with Gasteiger partial charge >= 0.3 is 6.18 Å². The Morgan fingerprint density at radius 2 is 1.67 bits per heavy atom. The number of piperazine rings is 1. The number of sulfonamides is 1. The van der Waals surface area contributed by atoms with Gasteiger partial charge in [0, 0.05) is 30.7 Å². The highest BCUT2D eigenvalue weighted by Gasteiger charge is 2.36. The molecule has 2 atom stereocenters. The van der Waals surface area contributed by atoms with E-state index in [1.165, 1.54) is 12.1 Å². The number of aryl methyl sites for hydroxylation is 1. The van der Waals surface area contributed by atoms with Crippen molar-refractivity contribution in [3.8, 4) is 11.3 Å². The minimum Gasteiger partial charge on any atom is -0.353 e. The van der Waals surface area contributed by atoms with Gasteiger partial charge in [-0.15, -0.1) is 12.4 Å². The Labute approximate surface area is 213 Å². The summed E-state index contributed by atoms with van der Waals surface area (Å²) in [6.45, 7) is 3.15. The van der Waals surface area contributed by atoms with E-state index in [4.69, 9.17) is 0 Å². The fourth-order valence-corrected chi connectivity index (χ4v) is 5.66. The number of hydrogen-bond acceptors (Lipinski definition) is 6. The standard InChI is InChI=1S/C24H24F3N5O2S.ClH/c1-15-5-2-3-6-18(15)23-19(24(25,26)27)11-12-20(29-23)31-35(33,34)22-8-4-7-21(30-22)32-13-16-9-10-17(14-32)28-16;/h2-8,11-12,16-17,28H,9-10,13-14H2,1H3,(H,29,31);1H. The van der Waals surface area contributed by atoms with Crippen molar-refractivity contribution in [3.05, 3.63) is 65.7 Å². The smallest absolute Gasteiger partial charge is 0.353 e. The summed E-state index contributed by atoms with van der Waals surface area (Å²) >= 11 is 0. The van der Waals surface area contributed by atoms with E-state index in [0.29, 0.717) is 23.5 Å². The van der Waals surface area contributed by atoms with Crippen LogP contribution in [0.5, 0.6) is 0 Å². The van der Waals surface area contributed by atoms with E-state index in [0.717, 1.165) is 38.1 Å². The number of aromatic nitrogens is 2. The Morgan fingerprint density at radius 1 is 0.972 bits per heavy atom. The molecule has 2 bridgehead atoms. The predicted molar refractivity (Wildman–Crippen MR) is 134 cm³/mol. The van der Waals surface area contributed by atoms with E-state index in [-0.39, 0.29) is 34.5 Å². The van der Waals surface area contributed by atoms with Gasteiger partial charge in [0.15, 0.2) is 5.03 Å². The van der Waals surface area contributed by atoms with E-state index in [1.807, 2.05) is 0 Å². The summed E-state index contributed by atoms with van der Waals surface area (Å²) in [7, 11) is -4.19. The molecule has 3 aromatic rings. The van der Waals surface area contributed by atoms with Gasteiger partial charge in [0.25, 0.3) is 10.0 Å². The molecule has 0 amide bonds. The fourth-order valence-electron chi connectivity index (χ4n) is 4.69. The molecule has 2 N–H and O–H groups in total. The summed E-state index contributed by atoms with van der Waals surface area (Å²) in [6.07, 6.45) is -2.51. The van der Waals surface area contributed by atoms with Gasteiger partial charge in [-0.1, -0.05) is 30.3 Å². The first-order valence-corrected chi connectivity index (χ1v) is 12.7. The molecule has 2 aliphatic heterocycles. The van der Waals surface area contributed by atoms with Crippen LogP contribution in [0.25, 0.3) is 11.3 Å². The molecule has 2 aliphatic rings. The van der Waals surface area contributed by atoms with Crippen LogP contribution in [0.2, 0.25) is 0 Å². The van der Waals surface area contributed by atoms with Crippen LogP contribution in [0.4, 0.5) is 24.8 Å². The second kappa shape index (κ2) is 9.87. The van der Waals surface area contributed by atoms with Crippen LogP contribution in [0.15, 0.2) is 59.6 Å². The van der Waals surface area contributed by atoms with Gasteiger partial charge in [0.05, 0.1) is 11.3 Å². The quantitative estimate of drug-likeness (QED) is 0.491. The summed E-state index contributed by atoms with van der Waals surface area (Å²) in [6, 6.07) is 13.8. The van der Waals surface area contributed by atoms with Crippen molar-refractivity contribution < 1.29 is 21.6 Å². The highest BCUT2D eigenvalue weighted by molar-refractivity contribution is 7.92. The highest BCUT2D eigenvalue weighted by atomic mass is 35.5. The number of rotatable bonds is 5. The number of halogens is 4. The van der Waals surface area contributed by atoms with Crippen molar-refractivity contribution in [2.75, 3.05) is 22.7 Å². The number of alkyl halides is 3. The molecule has 0 aliphatic carbocycles. The zero-order valence-corrected chi connectivity index (χ0v) is 20.9. The maximum atomic E-state index is 13.7. The van der Waals surface area contributed by atoms with Crippen molar-refractivity contribution in [1.82, 2.24) is 15.3 Å². The van der Waals surface area contributed by atoms with Crippen LogP contribution in [0, 0.1) is 6.92 Å². The number of hydrogen-bond donors (Lipinski definition) is 2. The molecule has 0 saturated carbocycles. The molecule has 12 heteroatoms. The lowest BCUT2D eigenvalue weighted by molar-refractivity contribution is -0.137. The molecule has 0 spiro atoms. The van der Waals surface area contributed by atoms with Gasteiger partial charge in [-0.05, 0) is 49.6 Å².